The topological polar surface area (TPSA) is 26.3 Å². The fourth-order valence-electron chi connectivity index (χ4n) is 2.39. The summed E-state index contributed by atoms with van der Waals surface area (Å²) in [4.78, 5) is 12.6. The van der Waals surface area contributed by atoms with Crippen LogP contribution in [-0.4, -0.2) is 12.4 Å². The van der Waals surface area contributed by atoms with Crippen LogP contribution in [0.5, 0.6) is 5.75 Å². The molecule has 0 saturated heterocycles. The van der Waals surface area contributed by atoms with E-state index in [0.717, 1.165) is 18.4 Å². The quantitative estimate of drug-likeness (QED) is 0.761. The minimum absolute atomic E-state index is 0.134. The lowest BCUT2D eigenvalue weighted by Gasteiger charge is -2.19. The van der Waals surface area contributed by atoms with Gasteiger partial charge >= 0.3 is 0 Å². The van der Waals surface area contributed by atoms with E-state index in [2.05, 4.69) is 0 Å². The zero-order valence-electron chi connectivity index (χ0n) is 10.7. The zero-order valence-corrected chi connectivity index (χ0v) is 12.2. The predicted octanol–water partition coefficient (Wildman–Crippen LogP) is 4.55. The number of para-hydroxylation sites is 1. The predicted molar refractivity (Wildman–Crippen MR) is 80.2 cm³/mol. The minimum Gasteiger partial charge on any atom is -0.493 e. The molecule has 0 amide bonds. The molecule has 1 aliphatic heterocycles. The van der Waals surface area contributed by atoms with Crippen LogP contribution >= 0.6 is 23.2 Å². The number of carbonyl (C=O) groups excluding carboxylic acids is 1. The molecule has 0 aliphatic carbocycles. The van der Waals surface area contributed by atoms with Crippen LogP contribution in [-0.2, 0) is 6.42 Å². The van der Waals surface area contributed by atoms with Crippen LogP contribution in [0.25, 0.3) is 0 Å². The standard InChI is InChI=1S/C16H12Cl2O2/c17-11-6-7-12(14(18)9-11)15(19)13-5-1-3-10-4-2-8-20-16(10)13/h1,3,5-7,9H,2,4,8H2. The first-order valence-electron chi connectivity index (χ1n) is 6.41. The molecule has 102 valence electrons. The normalized spacial score (nSPS) is 13.5. The van der Waals surface area contributed by atoms with Gasteiger partial charge in [-0.2, -0.15) is 0 Å². The molecule has 0 atom stereocenters. The van der Waals surface area contributed by atoms with E-state index in [9.17, 15) is 4.79 Å². The number of hydrogen-bond donors (Lipinski definition) is 0. The maximum Gasteiger partial charge on any atom is 0.198 e. The molecule has 2 aromatic rings. The Bertz CT molecular complexity index is 680. The molecule has 2 nitrogen and oxygen atoms in total. The number of halogens is 2. The first-order valence-corrected chi connectivity index (χ1v) is 7.17. The van der Waals surface area contributed by atoms with Gasteiger partial charge in [-0.3, -0.25) is 4.79 Å². The van der Waals surface area contributed by atoms with Crippen molar-refractivity contribution >= 4 is 29.0 Å². The van der Waals surface area contributed by atoms with Gasteiger partial charge in [-0.05, 0) is 42.7 Å². The largest absolute Gasteiger partial charge is 0.493 e. The molecule has 0 N–H and O–H groups in total. The highest BCUT2D eigenvalue weighted by Gasteiger charge is 2.21. The molecule has 4 heteroatoms. The average molecular weight is 307 g/mol. The maximum atomic E-state index is 12.6. The van der Waals surface area contributed by atoms with Gasteiger partial charge in [0.15, 0.2) is 5.78 Å². The molecule has 0 saturated carbocycles. The highest BCUT2D eigenvalue weighted by molar-refractivity contribution is 6.37. The van der Waals surface area contributed by atoms with Crippen molar-refractivity contribution in [3.63, 3.8) is 0 Å². The second-order valence-corrected chi connectivity index (χ2v) is 5.54. The Morgan fingerprint density at radius 1 is 1.10 bits per heavy atom. The summed E-state index contributed by atoms with van der Waals surface area (Å²) in [5, 5.41) is 0.869. The fourth-order valence-corrected chi connectivity index (χ4v) is 2.88. The van der Waals surface area contributed by atoms with E-state index in [0.29, 0.717) is 33.5 Å². The molecule has 20 heavy (non-hydrogen) atoms. The lowest BCUT2D eigenvalue weighted by Crippen LogP contribution is -2.13. The number of rotatable bonds is 2. The molecule has 1 heterocycles. The molecule has 0 bridgehead atoms. The third-order valence-electron chi connectivity index (χ3n) is 3.35. The van der Waals surface area contributed by atoms with Crippen molar-refractivity contribution in [3.8, 4) is 5.75 Å². The van der Waals surface area contributed by atoms with Gasteiger partial charge in [0.1, 0.15) is 5.75 Å². The Morgan fingerprint density at radius 3 is 2.75 bits per heavy atom. The van der Waals surface area contributed by atoms with Crippen molar-refractivity contribution in [3.05, 3.63) is 63.1 Å². The average Bonchev–Trinajstić information content (AvgIpc) is 2.46. The summed E-state index contributed by atoms with van der Waals surface area (Å²) >= 11 is 12.0. The Kier molecular flexibility index (Phi) is 3.68. The van der Waals surface area contributed by atoms with Crippen LogP contribution in [0.3, 0.4) is 0 Å². The van der Waals surface area contributed by atoms with Crippen LogP contribution < -0.4 is 4.74 Å². The minimum atomic E-state index is -0.134. The summed E-state index contributed by atoms with van der Waals surface area (Å²) in [6.07, 6.45) is 1.91. The Labute approximate surface area is 127 Å². The van der Waals surface area contributed by atoms with Gasteiger partial charge in [-0.25, -0.2) is 0 Å². The van der Waals surface area contributed by atoms with Gasteiger partial charge < -0.3 is 4.74 Å². The lowest BCUT2D eigenvalue weighted by atomic mass is 9.97. The van der Waals surface area contributed by atoms with Crippen molar-refractivity contribution in [1.29, 1.82) is 0 Å². The van der Waals surface area contributed by atoms with Gasteiger partial charge in [-0.15, -0.1) is 0 Å². The monoisotopic (exact) mass is 306 g/mol. The van der Waals surface area contributed by atoms with E-state index in [1.54, 1.807) is 24.3 Å². The van der Waals surface area contributed by atoms with Gasteiger partial charge in [0, 0.05) is 10.6 Å². The van der Waals surface area contributed by atoms with E-state index in [1.807, 2.05) is 12.1 Å². The molecule has 0 aromatic heterocycles. The van der Waals surface area contributed by atoms with Crippen molar-refractivity contribution in [2.45, 2.75) is 12.8 Å². The van der Waals surface area contributed by atoms with E-state index in [-0.39, 0.29) is 5.78 Å². The number of ketones is 1. The van der Waals surface area contributed by atoms with Gasteiger partial charge in [0.05, 0.1) is 17.2 Å². The van der Waals surface area contributed by atoms with Gasteiger partial charge in [0.25, 0.3) is 0 Å². The molecular weight excluding hydrogens is 295 g/mol. The van der Waals surface area contributed by atoms with Crippen molar-refractivity contribution in [1.82, 2.24) is 0 Å². The second kappa shape index (κ2) is 5.47. The van der Waals surface area contributed by atoms with Crippen LogP contribution in [0.15, 0.2) is 36.4 Å². The van der Waals surface area contributed by atoms with Gasteiger partial charge in [0.2, 0.25) is 0 Å². The summed E-state index contributed by atoms with van der Waals surface area (Å²) in [5.74, 6) is 0.556. The second-order valence-electron chi connectivity index (χ2n) is 4.70. The van der Waals surface area contributed by atoms with E-state index in [4.69, 9.17) is 27.9 Å². The van der Waals surface area contributed by atoms with E-state index >= 15 is 0 Å². The fraction of sp³-hybridized carbons (Fsp3) is 0.188. The summed E-state index contributed by atoms with van der Waals surface area (Å²) in [7, 11) is 0. The van der Waals surface area contributed by atoms with E-state index < -0.39 is 0 Å². The lowest BCUT2D eigenvalue weighted by molar-refractivity contribution is 0.103. The highest BCUT2D eigenvalue weighted by atomic mass is 35.5. The van der Waals surface area contributed by atoms with Crippen LogP contribution in [0, 0.1) is 0 Å². The molecule has 0 unspecified atom stereocenters. The summed E-state index contributed by atoms with van der Waals surface area (Å²) < 4.78 is 5.67. The van der Waals surface area contributed by atoms with E-state index in [1.165, 1.54) is 0 Å². The van der Waals surface area contributed by atoms with Crippen molar-refractivity contribution in [2.75, 3.05) is 6.61 Å². The first kappa shape index (κ1) is 13.5. The summed E-state index contributed by atoms with van der Waals surface area (Å²) in [6.45, 7) is 0.644. The van der Waals surface area contributed by atoms with Gasteiger partial charge in [-0.1, -0.05) is 35.3 Å². The molecule has 2 aromatic carbocycles. The maximum absolute atomic E-state index is 12.6. The molecule has 0 radical (unpaired) electrons. The van der Waals surface area contributed by atoms with Crippen LogP contribution in [0.1, 0.15) is 27.9 Å². The third-order valence-corrected chi connectivity index (χ3v) is 3.90. The molecule has 0 spiro atoms. The number of hydrogen-bond acceptors (Lipinski definition) is 2. The molecule has 3 rings (SSSR count). The Hall–Kier alpha value is -1.51. The SMILES string of the molecule is O=C(c1ccc(Cl)cc1Cl)c1cccc2c1OCCC2. The number of carbonyl (C=O) groups is 1. The van der Waals surface area contributed by atoms with Crippen molar-refractivity contribution < 1.29 is 9.53 Å². The van der Waals surface area contributed by atoms with Crippen LogP contribution in [0.2, 0.25) is 10.0 Å². The number of ether oxygens (including phenoxy) is 1. The highest BCUT2D eigenvalue weighted by Crippen LogP contribution is 2.32. The summed E-state index contributed by atoms with van der Waals surface area (Å²) in [5.41, 5.74) is 2.08. The molecular formula is C16H12Cl2O2. The van der Waals surface area contributed by atoms with Crippen molar-refractivity contribution in [2.24, 2.45) is 0 Å². The number of fused-ring (bicyclic) bond motifs is 1. The number of benzene rings is 2. The molecule has 1 aliphatic rings. The smallest absolute Gasteiger partial charge is 0.198 e. The van der Waals surface area contributed by atoms with Crippen LogP contribution in [0.4, 0.5) is 0 Å². The zero-order chi connectivity index (χ0) is 14.1. The third kappa shape index (κ3) is 2.41. The Morgan fingerprint density at radius 2 is 1.95 bits per heavy atom. The summed E-state index contributed by atoms with van der Waals surface area (Å²) in [6, 6.07) is 10.5. The number of aryl methyl sites for hydroxylation is 1. The Balaban J connectivity index is 2.07. The first-order chi connectivity index (χ1) is 9.66. The molecule has 0 fully saturated rings.